The van der Waals surface area contributed by atoms with Gasteiger partial charge in [-0.3, -0.25) is 0 Å². The maximum absolute atomic E-state index is 4.22. The van der Waals surface area contributed by atoms with E-state index in [0.29, 0.717) is 0 Å². The number of anilines is 2. The molecule has 3 heteroatoms. The molecule has 0 atom stereocenters. The normalized spacial score (nSPS) is 10.4. The van der Waals surface area contributed by atoms with Gasteiger partial charge in [0, 0.05) is 31.0 Å². The average molecular weight is 207 g/mol. The van der Waals surface area contributed by atoms with Crippen LogP contribution in [0.4, 0.5) is 11.5 Å². The first kappa shape index (κ1) is 11.8. The number of aromatic nitrogens is 1. The first-order chi connectivity index (χ1) is 7.22. The Morgan fingerprint density at radius 3 is 2.80 bits per heavy atom. The summed E-state index contributed by atoms with van der Waals surface area (Å²) in [5, 5.41) is 6.59. The van der Waals surface area contributed by atoms with E-state index in [9.17, 15) is 0 Å². The highest BCUT2D eigenvalue weighted by molar-refractivity contribution is 5.51. The minimum Gasteiger partial charge on any atom is -0.385 e. The van der Waals surface area contributed by atoms with Gasteiger partial charge in [0.15, 0.2) is 0 Å². The van der Waals surface area contributed by atoms with Crippen LogP contribution in [0, 0.1) is 5.92 Å². The molecule has 0 aliphatic heterocycles. The van der Waals surface area contributed by atoms with Gasteiger partial charge in [0.05, 0.1) is 0 Å². The smallest absolute Gasteiger partial charge is 0.127 e. The maximum Gasteiger partial charge on any atom is 0.127 e. The van der Waals surface area contributed by atoms with Crippen LogP contribution in [0.25, 0.3) is 0 Å². The van der Waals surface area contributed by atoms with Gasteiger partial charge >= 0.3 is 0 Å². The van der Waals surface area contributed by atoms with Crippen molar-refractivity contribution < 1.29 is 0 Å². The van der Waals surface area contributed by atoms with Gasteiger partial charge in [-0.05, 0) is 25.3 Å². The number of hydrogen-bond acceptors (Lipinski definition) is 3. The first-order valence-electron chi connectivity index (χ1n) is 5.66. The Labute approximate surface area is 92.3 Å². The van der Waals surface area contributed by atoms with E-state index in [1.165, 1.54) is 6.42 Å². The molecule has 0 saturated carbocycles. The Balaban J connectivity index is 2.43. The number of rotatable bonds is 6. The molecule has 0 aliphatic rings. The molecule has 0 aliphatic carbocycles. The SMILES string of the molecule is CCNc1cc(NCCC(C)C)ccn1. The van der Waals surface area contributed by atoms with E-state index in [1.54, 1.807) is 0 Å². The summed E-state index contributed by atoms with van der Waals surface area (Å²) in [5.74, 6) is 1.68. The van der Waals surface area contributed by atoms with Crippen molar-refractivity contribution in [2.75, 3.05) is 23.7 Å². The van der Waals surface area contributed by atoms with Crippen LogP contribution in [-0.4, -0.2) is 18.1 Å². The third kappa shape index (κ3) is 4.68. The summed E-state index contributed by atoms with van der Waals surface area (Å²) in [4.78, 5) is 4.22. The molecule has 0 amide bonds. The molecular formula is C12H21N3. The van der Waals surface area contributed by atoms with Crippen molar-refractivity contribution in [1.29, 1.82) is 0 Å². The zero-order valence-corrected chi connectivity index (χ0v) is 9.88. The summed E-state index contributed by atoms with van der Waals surface area (Å²) in [6.07, 6.45) is 3.02. The van der Waals surface area contributed by atoms with Crippen LogP contribution in [0.1, 0.15) is 27.2 Å². The van der Waals surface area contributed by atoms with E-state index in [4.69, 9.17) is 0 Å². The summed E-state index contributed by atoms with van der Waals surface area (Å²) in [5.41, 5.74) is 1.14. The molecule has 0 radical (unpaired) electrons. The molecule has 0 bridgehead atoms. The highest BCUT2D eigenvalue weighted by atomic mass is 15.0. The number of pyridine rings is 1. The lowest BCUT2D eigenvalue weighted by molar-refractivity contribution is 0.607. The van der Waals surface area contributed by atoms with Gasteiger partial charge in [0.1, 0.15) is 5.82 Å². The molecule has 0 saturated heterocycles. The van der Waals surface area contributed by atoms with Gasteiger partial charge in [-0.2, -0.15) is 0 Å². The lowest BCUT2D eigenvalue weighted by Gasteiger charge is -2.09. The average Bonchev–Trinajstić information content (AvgIpc) is 2.18. The van der Waals surface area contributed by atoms with Crippen molar-refractivity contribution in [3.05, 3.63) is 18.3 Å². The Hall–Kier alpha value is -1.25. The molecule has 1 aromatic heterocycles. The highest BCUT2D eigenvalue weighted by Gasteiger charge is 1.96. The zero-order chi connectivity index (χ0) is 11.1. The van der Waals surface area contributed by atoms with Crippen molar-refractivity contribution in [1.82, 2.24) is 4.98 Å². The molecule has 1 aromatic rings. The van der Waals surface area contributed by atoms with Crippen molar-refractivity contribution >= 4 is 11.5 Å². The predicted octanol–water partition coefficient (Wildman–Crippen LogP) is 2.97. The summed E-state index contributed by atoms with van der Waals surface area (Å²) in [6, 6.07) is 4.05. The van der Waals surface area contributed by atoms with E-state index in [-0.39, 0.29) is 0 Å². The summed E-state index contributed by atoms with van der Waals surface area (Å²) >= 11 is 0. The van der Waals surface area contributed by atoms with Crippen molar-refractivity contribution in [3.8, 4) is 0 Å². The monoisotopic (exact) mass is 207 g/mol. The number of nitrogens with zero attached hydrogens (tertiary/aromatic N) is 1. The zero-order valence-electron chi connectivity index (χ0n) is 9.88. The van der Waals surface area contributed by atoms with Gasteiger partial charge in [0.25, 0.3) is 0 Å². The largest absolute Gasteiger partial charge is 0.385 e. The van der Waals surface area contributed by atoms with Crippen LogP contribution in [0.2, 0.25) is 0 Å². The molecular weight excluding hydrogens is 186 g/mol. The molecule has 0 fully saturated rings. The molecule has 84 valence electrons. The Bertz CT molecular complexity index is 284. The standard InChI is InChI=1S/C12H21N3/c1-4-13-12-9-11(6-8-15-12)14-7-5-10(2)3/h6,8-10H,4-5,7H2,1-3H3,(H2,13,14,15). The van der Waals surface area contributed by atoms with E-state index in [1.807, 2.05) is 18.3 Å². The predicted molar refractivity (Wildman–Crippen MR) is 66.3 cm³/mol. The molecule has 1 rings (SSSR count). The Kier molecular flexibility index (Phi) is 4.95. The summed E-state index contributed by atoms with van der Waals surface area (Å²) in [7, 11) is 0. The third-order valence-electron chi connectivity index (χ3n) is 2.17. The molecule has 0 spiro atoms. The quantitative estimate of drug-likeness (QED) is 0.753. The van der Waals surface area contributed by atoms with Crippen molar-refractivity contribution in [2.45, 2.75) is 27.2 Å². The van der Waals surface area contributed by atoms with E-state index < -0.39 is 0 Å². The fourth-order valence-corrected chi connectivity index (χ4v) is 1.32. The van der Waals surface area contributed by atoms with Gasteiger partial charge in [-0.1, -0.05) is 13.8 Å². The fraction of sp³-hybridized carbons (Fsp3) is 0.583. The Morgan fingerprint density at radius 1 is 1.33 bits per heavy atom. The van der Waals surface area contributed by atoms with Gasteiger partial charge in [-0.25, -0.2) is 4.98 Å². The highest BCUT2D eigenvalue weighted by Crippen LogP contribution is 2.12. The molecule has 1 heterocycles. The molecule has 3 nitrogen and oxygen atoms in total. The topological polar surface area (TPSA) is 37.0 Å². The van der Waals surface area contributed by atoms with Crippen molar-refractivity contribution in [2.24, 2.45) is 5.92 Å². The van der Waals surface area contributed by atoms with Gasteiger partial charge in [0.2, 0.25) is 0 Å². The van der Waals surface area contributed by atoms with Gasteiger partial charge in [-0.15, -0.1) is 0 Å². The second-order valence-electron chi connectivity index (χ2n) is 4.07. The summed E-state index contributed by atoms with van der Waals surface area (Å²) < 4.78 is 0. The molecule has 0 unspecified atom stereocenters. The van der Waals surface area contributed by atoms with Gasteiger partial charge < -0.3 is 10.6 Å². The lowest BCUT2D eigenvalue weighted by atomic mass is 10.1. The van der Waals surface area contributed by atoms with Crippen LogP contribution < -0.4 is 10.6 Å². The van der Waals surface area contributed by atoms with E-state index >= 15 is 0 Å². The maximum atomic E-state index is 4.22. The van der Waals surface area contributed by atoms with Crippen LogP contribution in [-0.2, 0) is 0 Å². The van der Waals surface area contributed by atoms with Crippen LogP contribution >= 0.6 is 0 Å². The molecule has 15 heavy (non-hydrogen) atoms. The van der Waals surface area contributed by atoms with Crippen molar-refractivity contribution in [3.63, 3.8) is 0 Å². The molecule has 0 aromatic carbocycles. The minimum atomic E-state index is 0.743. The third-order valence-corrected chi connectivity index (χ3v) is 2.17. The summed E-state index contributed by atoms with van der Waals surface area (Å²) in [6.45, 7) is 8.47. The van der Waals surface area contributed by atoms with Crippen LogP contribution in [0.15, 0.2) is 18.3 Å². The fourth-order valence-electron chi connectivity index (χ4n) is 1.32. The lowest BCUT2D eigenvalue weighted by Crippen LogP contribution is -2.06. The first-order valence-corrected chi connectivity index (χ1v) is 5.66. The van der Waals surface area contributed by atoms with Crippen LogP contribution in [0.5, 0.6) is 0 Å². The minimum absolute atomic E-state index is 0.743. The second-order valence-corrected chi connectivity index (χ2v) is 4.07. The van der Waals surface area contributed by atoms with E-state index in [0.717, 1.165) is 30.5 Å². The second kappa shape index (κ2) is 6.27. The Morgan fingerprint density at radius 2 is 2.13 bits per heavy atom. The van der Waals surface area contributed by atoms with Crippen LogP contribution in [0.3, 0.4) is 0 Å². The number of nitrogens with one attached hydrogen (secondary N) is 2. The van der Waals surface area contributed by atoms with E-state index in [2.05, 4.69) is 36.4 Å². The molecule has 2 N–H and O–H groups in total. The number of hydrogen-bond donors (Lipinski definition) is 2.